The number of carbonyl (C=O) groups is 2. The molecule has 4 nitrogen and oxygen atoms in total. The van der Waals surface area contributed by atoms with E-state index in [0.717, 1.165) is 6.29 Å². The molecule has 0 aliphatic rings. The Balaban J connectivity index is 2.43. The summed E-state index contributed by atoms with van der Waals surface area (Å²) in [7, 11) is 0. The van der Waals surface area contributed by atoms with Gasteiger partial charge in [-0.25, -0.2) is 4.79 Å². The van der Waals surface area contributed by atoms with Gasteiger partial charge in [0.1, 0.15) is 6.29 Å². The summed E-state index contributed by atoms with van der Waals surface area (Å²) in [5, 5.41) is 8.53. The predicted molar refractivity (Wildman–Crippen MR) is 58.4 cm³/mol. The minimum Gasteiger partial charge on any atom is -0.462 e. The maximum Gasteiger partial charge on any atom is 0.338 e. The standard InChI is InChI=1S/C12H14O4/c13-7-1-2-8-16-12(15)11-5-3-10(9-14)4-6-11/h3-6,9,13H,1-2,7-8H2. The zero-order valence-corrected chi connectivity index (χ0v) is 8.89. The lowest BCUT2D eigenvalue weighted by molar-refractivity contribution is 0.0492. The normalized spacial score (nSPS) is 9.81. The number of aliphatic hydroxyl groups is 1. The first-order valence-electron chi connectivity index (χ1n) is 5.11. The summed E-state index contributed by atoms with van der Waals surface area (Å²) in [6.07, 6.45) is 1.99. The van der Waals surface area contributed by atoms with Gasteiger partial charge in [0.15, 0.2) is 0 Å². The van der Waals surface area contributed by atoms with Crippen molar-refractivity contribution in [2.24, 2.45) is 0 Å². The van der Waals surface area contributed by atoms with Crippen molar-refractivity contribution in [2.45, 2.75) is 12.8 Å². The zero-order chi connectivity index (χ0) is 11.8. The second-order valence-electron chi connectivity index (χ2n) is 3.31. The van der Waals surface area contributed by atoms with E-state index in [9.17, 15) is 9.59 Å². The highest BCUT2D eigenvalue weighted by atomic mass is 16.5. The third kappa shape index (κ3) is 3.82. The topological polar surface area (TPSA) is 63.6 Å². The second kappa shape index (κ2) is 6.74. The van der Waals surface area contributed by atoms with Gasteiger partial charge in [0.2, 0.25) is 0 Å². The van der Waals surface area contributed by atoms with Gasteiger partial charge in [-0.1, -0.05) is 12.1 Å². The highest BCUT2D eigenvalue weighted by Crippen LogP contribution is 2.05. The Morgan fingerprint density at radius 3 is 2.50 bits per heavy atom. The molecule has 0 aliphatic carbocycles. The van der Waals surface area contributed by atoms with Gasteiger partial charge in [0.25, 0.3) is 0 Å². The highest BCUT2D eigenvalue weighted by molar-refractivity contribution is 5.90. The number of unbranched alkanes of at least 4 members (excludes halogenated alkanes) is 1. The highest BCUT2D eigenvalue weighted by Gasteiger charge is 2.05. The summed E-state index contributed by atoms with van der Waals surface area (Å²) in [6.45, 7) is 0.403. The van der Waals surface area contributed by atoms with Crippen LogP contribution in [0.2, 0.25) is 0 Å². The number of aldehydes is 1. The Morgan fingerprint density at radius 1 is 1.25 bits per heavy atom. The summed E-state index contributed by atoms with van der Waals surface area (Å²) < 4.78 is 4.97. The summed E-state index contributed by atoms with van der Waals surface area (Å²) in [5.41, 5.74) is 0.950. The van der Waals surface area contributed by atoms with Gasteiger partial charge >= 0.3 is 5.97 Å². The molecular weight excluding hydrogens is 208 g/mol. The van der Waals surface area contributed by atoms with Crippen molar-refractivity contribution in [3.63, 3.8) is 0 Å². The number of aliphatic hydroxyl groups excluding tert-OH is 1. The first-order valence-corrected chi connectivity index (χ1v) is 5.11. The number of benzene rings is 1. The van der Waals surface area contributed by atoms with Crippen LogP contribution in [0.3, 0.4) is 0 Å². The van der Waals surface area contributed by atoms with Crippen molar-refractivity contribution in [1.29, 1.82) is 0 Å². The average Bonchev–Trinajstić information content (AvgIpc) is 2.34. The Morgan fingerprint density at radius 2 is 1.94 bits per heavy atom. The molecule has 0 unspecified atom stereocenters. The second-order valence-corrected chi connectivity index (χ2v) is 3.31. The predicted octanol–water partition coefficient (Wildman–Crippen LogP) is 1.43. The number of ether oxygens (including phenoxy) is 1. The molecule has 4 heteroatoms. The molecule has 0 heterocycles. The van der Waals surface area contributed by atoms with Crippen LogP contribution in [0, 0.1) is 0 Å². The summed E-state index contributed by atoms with van der Waals surface area (Å²) in [6, 6.07) is 6.24. The Bertz CT molecular complexity index is 343. The lowest BCUT2D eigenvalue weighted by Gasteiger charge is -2.03. The van der Waals surface area contributed by atoms with Crippen molar-refractivity contribution >= 4 is 12.3 Å². The summed E-state index contributed by atoms with van der Waals surface area (Å²) in [5.74, 6) is -0.407. The van der Waals surface area contributed by atoms with Crippen LogP contribution in [0.25, 0.3) is 0 Å². The van der Waals surface area contributed by atoms with E-state index in [-0.39, 0.29) is 6.61 Å². The van der Waals surface area contributed by atoms with Gasteiger partial charge in [0, 0.05) is 12.2 Å². The van der Waals surface area contributed by atoms with Crippen LogP contribution in [0.4, 0.5) is 0 Å². The molecule has 1 aromatic rings. The maximum absolute atomic E-state index is 11.4. The van der Waals surface area contributed by atoms with E-state index in [0.29, 0.717) is 30.6 Å². The fourth-order valence-electron chi connectivity index (χ4n) is 1.16. The van der Waals surface area contributed by atoms with E-state index in [4.69, 9.17) is 9.84 Å². The SMILES string of the molecule is O=Cc1ccc(C(=O)OCCCCO)cc1. The molecular formula is C12H14O4. The molecule has 0 atom stereocenters. The van der Waals surface area contributed by atoms with E-state index in [1.54, 1.807) is 24.3 Å². The molecule has 16 heavy (non-hydrogen) atoms. The van der Waals surface area contributed by atoms with Crippen LogP contribution < -0.4 is 0 Å². The largest absolute Gasteiger partial charge is 0.462 e. The van der Waals surface area contributed by atoms with Crippen LogP contribution in [-0.2, 0) is 4.74 Å². The fourth-order valence-corrected chi connectivity index (χ4v) is 1.16. The van der Waals surface area contributed by atoms with Crippen LogP contribution in [-0.4, -0.2) is 30.6 Å². The minimum atomic E-state index is -0.407. The first-order chi connectivity index (χ1) is 7.77. The van der Waals surface area contributed by atoms with E-state index in [1.165, 1.54) is 0 Å². The molecule has 0 radical (unpaired) electrons. The molecule has 0 bridgehead atoms. The van der Waals surface area contributed by atoms with Crippen LogP contribution >= 0.6 is 0 Å². The van der Waals surface area contributed by atoms with Gasteiger partial charge in [-0.2, -0.15) is 0 Å². The zero-order valence-electron chi connectivity index (χ0n) is 8.89. The minimum absolute atomic E-state index is 0.103. The van der Waals surface area contributed by atoms with Gasteiger partial charge in [-0.3, -0.25) is 4.79 Å². The molecule has 0 amide bonds. The Kier molecular flexibility index (Phi) is 5.22. The van der Waals surface area contributed by atoms with Crippen LogP contribution in [0.1, 0.15) is 33.6 Å². The maximum atomic E-state index is 11.4. The molecule has 0 spiro atoms. The summed E-state index contributed by atoms with van der Waals surface area (Å²) >= 11 is 0. The van der Waals surface area contributed by atoms with E-state index in [2.05, 4.69) is 0 Å². The molecule has 0 saturated heterocycles. The lowest BCUT2D eigenvalue weighted by atomic mass is 10.1. The van der Waals surface area contributed by atoms with E-state index >= 15 is 0 Å². The molecule has 1 rings (SSSR count). The molecule has 0 aliphatic heterocycles. The first kappa shape index (κ1) is 12.4. The van der Waals surface area contributed by atoms with Gasteiger partial charge in [-0.05, 0) is 25.0 Å². The van der Waals surface area contributed by atoms with Gasteiger partial charge in [-0.15, -0.1) is 0 Å². The van der Waals surface area contributed by atoms with Gasteiger partial charge < -0.3 is 9.84 Å². The van der Waals surface area contributed by atoms with Gasteiger partial charge in [0.05, 0.1) is 12.2 Å². The molecule has 0 saturated carbocycles. The average molecular weight is 222 g/mol. The van der Waals surface area contributed by atoms with Crippen molar-refractivity contribution in [1.82, 2.24) is 0 Å². The van der Waals surface area contributed by atoms with Crippen molar-refractivity contribution in [3.8, 4) is 0 Å². The third-order valence-corrected chi connectivity index (χ3v) is 2.07. The monoisotopic (exact) mass is 222 g/mol. The fraction of sp³-hybridized carbons (Fsp3) is 0.333. The molecule has 0 fully saturated rings. The third-order valence-electron chi connectivity index (χ3n) is 2.07. The van der Waals surface area contributed by atoms with Crippen LogP contribution in [0.5, 0.6) is 0 Å². The molecule has 86 valence electrons. The van der Waals surface area contributed by atoms with E-state index in [1.807, 2.05) is 0 Å². The number of hydrogen-bond donors (Lipinski definition) is 1. The summed E-state index contributed by atoms with van der Waals surface area (Å²) in [4.78, 5) is 21.8. The van der Waals surface area contributed by atoms with Crippen molar-refractivity contribution < 1.29 is 19.4 Å². The number of rotatable bonds is 6. The smallest absolute Gasteiger partial charge is 0.338 e. The van der Waals surface area contributed by atoms with Crippen molar-refractivity contribution in [2.75, 3.05) is 13.2 Å². The Hall–Kier alpha value is -1.68. The lowest BCUT2D eigenvalue weighted by Crippen LogP contribution is -2.06. The number of hydrogen-bond acceptors (Lipinski definition) is 4. The molecule has 0 aromatic heterocycles. The number of carbonyl (C=O) groups excluding carboxylic acids is 2. The number of esters is 1. The van der Waals surface area contributed by atoms with Crippen LogP contribution in [0.15, 0.2) is 24.3 Å². The van der Waals surface area contributed by atoms with Crippen molar-refractivity contribution in [3.05, 3.63) is 35.4 Å². The quantitative estimate of drug-likeness (QED) is 0.449. The molecule has 1 aromatic carbocycles. The van der Waals surface area contributed by atoms with E-state index < -0.39 is 5.97 Å². The Labute approximate surface area is 93.9 Å². The molecule has 1 N–H and O–H groups in total.